The molecule has 0 aromatic carbocycles. The number of ether oxygens (including phenoxy) is 2. The Morgan fingerprint density at radius 3 is 2.29 bits per heavy atom. The molecule has 0 atom stereocenters. The quantitative estimate of drug-likeness (QED) is 0.729. The summed E-state index contributed by atoms with van der Waals surface area (Å²) in [6.07, 6.45) is -1.72. The van der Waals surface area contributed by atoms with Gasteiger partial charge in [0.1, 0.15) is 6.61 Å². The van der Waals surface area contributed by atoms with Crippen molar-refractivity contribution < 1.29 is 32.5 Å². The number of halogens is 3. The van der Waals surface area contributed by atoms with Crippen LogP contribution in [-0.2, 0) is 14.3 Å². The SMILES string of the molecule is O=C(COC1(OC(F)(F)F)CCC1)NC12CC(CO)(C1)C2. The van der Waals surface area contributed by atoms with Gasteiger partial charge in [0.2, 0.25) is 5.91 Å². The second-order valence-electron chi connectivity index (χ2n) is 6.62. The van der Waals surface area contributed by atoms with E-state index in [1.807, 2.05) is 0 Å². The lowest BCUT2D eigenvalue weighted by molar-refractivity contribution is -0.432. The van der Waals surface area contributed by atoms with Gasteiger partial charge < -0.3 is 15.2 Å². The maximum absolute atomic E-state index is 12.3. The van der Waals surface area contributed by atoms with E-state index in [1.165, 1.54) is 0 Å². The maximum atomic E-state index is 12.3. The summed E-state index contributed by atoms with van der Waals surface area (Å²) in [6, 6.07) is 0. The molecular formula is C13H18F3NO4. The van der Waals surface area contributed by atoms with Gasteiger partial charge in [0.25, 0.3) is 0 Å². The van der Waals surface area contributed by atoms with Gasteiger partial charge in [-0.25, -0.2) is 0 Å². The summed E-state index contributed by atoms with van der Waals surface area (Å²) in [4.78, 5) is 11.8. The molecule has 4 aliphatic rings. The Bertz CT molecular complexity index is 427. The smallest absolute Gasteiger partial charge is 0.396 e. The number of aliphatic hydroxyl groups excluding tert-OH is 1. The molecule has 0 spiro atoms. The number of rotatable bonds is 6. The van der Waals surface area contributed by atoms with Crippen LogP contribution in [0.25, 0.3) is 0 Å². The van der Waals surface area contributed by atoms with Crippen molar-refractivity contribution in [3.8, 4) is 0 Å². The molecule has 0 aromatic rings. The van der Waals surface area contributed by atoms with Crippen LogP contribution in [0.4, 0.5) is 13.2 Å². The molecule has 0 radical (unpaired) electrons. The van der Waals surface area contributed by atoms with Crippen LogP contribution in [0.5, 0.6) is 0 Å². The van der Waals surface area contributed by atoms with E-state index >= 15 is 0 Å². The molecule has 2 N–H and O–H groups in total. The van der Waals surface area contributed by atoms with Crippen molar-refractivity contribution >= 4 is 5.91 Å². The zero-order chi connectivity index (χ0) is 15.4. The average Bonchev–Trinajstić information content (AvgIpc) is 2.23. The van der Waals surface area contributed by atoms with Gasteiger partial charge in [-0.1, -0.05) is 0 Å². The minimum absolute atomic E-state index is 0.0390. The molecule has 8 heteroatoms. The van der Waals surface area contributed by atoms with Crippen molar-refractivity contribution in [2.75, 3.05) is 13.2 Å². The van der Waals surface area contributed by atoms with Gasteiger partial charge in [0.05, 0.1) is 0 Å². The van der Waals surface area contributed by atoms with E-state index in [0.29, 0.717) is 6.42 Å². The molecule has 4 saturated carbocycles. The van der Waals surface area contributed by atoms with Crippen LogP contribution in [-0.4, -0.2) is 41.9 Å². The summed E-state index contributed by atoms with van der Waals surface area (Å²) in [5.41, 5.74) is -0.316. The Kier molecular flexibility index (Phi) is 3.27. The lowest BCUT2D eigenvalue weighted by Crippen LogP contribution is -2.76. The molecule has 0 aromatic heterocycles. The van der Waals surface area contributed by atoms with Gasteiger partial charge in [0.15, 0.2) is 5.79 Å². The topological polar surface area (TPSA) is 67.8 Å². The normalized spacial score (nSPS) is 36.2. The lowest BCUT2D eigenvalue weighted by Gasteiger charge is -2.70. The van der Waals surface area contributed by atoms with Crippen LogP contribution in [0.1, 0.15) is 38.5 Å². The first-order valence-electron chi connectivity index (χ1n) is 7.02. The Morgan fingerprint density at radius 1 is 1.24 bits per heavy atom. The molecule has 0 saturated heterocycles. The van der Waals surface area contributed by atoms with E-state index in [2.05, 4.69) is 10.1 Å². The van der Waals surface area contributed by atoms with Crippen LogP contribution in [0.2, 0.25) is 0 Å². The average molecular weight is 309 g/mol. The van der Waals surface area contributed by atoms with Gasteiger partial charge in [-0.2, -0.15) is 0 Å². The highest BCUT2D eigenvalue weighted by molar-refractivity contribution is 5.78. The fraction of sp³-hybridized carbons (Fsp3) is 0.923. The first kappa shape index (κ1) is 15.1. The Labute approximate surface area is 119 Å². The van der Waals surface area contributed by atoms with E-state index in [-0.39, 0.29) is 30.4 Å². The molecule has 5 nitrogen and oxygen atoms in total. The second-order valence-corrected chi connectivity index (χ2v) is 6.62. The van der Waals surface area contributed by atoms with Gasteiger partial charge in [-0.05, 0) is 25.7 Å². The van der Waals surface area contributed by atoms with Gasteiger partial charge in [-0.15, -0.1) is 13.2 Å². The van der Waals surface area contributed by atoms with Crippen LogP contribution in [0.3, 0.4) is 0 Å². The molecular weight excluding hydrogens is 291 g/mol. The number of nitrogens with one attached hydrogen (secondary N) is 1. The van der Waals surface area contributed by atoms with Crippen molar-refractivity contribution in [2.24, 2.45) is 5.41 Å². The predicted octanol–water partition coefficient (Wildman–Crippen LogP) is 1.45. The zero-order valence-corrected chi connectivity index (χ0v) is 11.5. The maximum Gasteiger partial charge on any atom is 0.524 e. The summed E-state index contributed by atoms with van der Waals surface area (Å²) in [5.74, 6) is -2.13. The van der Waals surface area contributed by atoms with Crippen LogP contribution in [0.15, 0.2) is 0 Å². The lowest BCUT2D eigenvalue weighted by atomic mass is 9.39. The number of carbonyl (C=O) groups excluding carboxylic acids is 1. The van der Waals surface area contributed by atoms with E-state index in [0.717, 1.165) is 19.3 Å². The highest BCUT2D eigenvalue weighted by Crippen LogP contribution is 2.66. The van der Waals surface area contributed by atoms with E-state index in [1.54, 1.807) is 0 Å². The highest BCUT2D eigenvalue weighted by atomic mass is 19.4. The van der Waals surface area contributed by atoms with Crippen LogP contribution < -0.4 is 5.32 Å². The molecule has 120 valence electrons. The molecule has 4 rings (SSSR count). The number of aliphatic hydroxyl groups is 1. The second kappa shape index (κ2) is 4.57. The predicted molar refractivity (Wildman–Crippen MR) is 63.9 cm³/mol. The highest BCUT2D eigenvalue weighted by Gasteiger charge is 2.68. The summed E-state index contributed by atoms with van der Waals surface area (Å²) < 4.78 is 46.0. The molecule has 4 aliphatic carbocycles. The fourth-order valence-electron chi connectivity index (χ4n) is 3.78. The number of carbonyl (C=O) groups is 1. The van der Waals surface area contributed by atoms with Crippen molar-refractivity contribution in [1.29, 1.82) is 0 Å². The molecule has 0 aliphatic heterocycles. The van der Waals surface area contributed by atoms with Crippen molar-refractivity contribution in [2.45, 2.75) is 56.2 Å². The first-order chi connectivity index (χ1) is 9.70. The summed E-state index contributed by atoms with van der Waals surface area (Å²) in [5, 5.41) is 11.9. The van der Waals surface area contributed by atoms with Gasteiger partial charge in [-0.3, -0.25) is 9.53 Å². The Morgan fingerprint density at radius 2 is 1.86 bits per heavy atom. The monoisotopic (exact) mass is 309 g/mol. The molecule has 1 amide bonds. The number of hydrogen-bond acceptors (Lipinski definition) is 4. The minimum atomic E-state index is -4.77. The van der Waals surface area contributed by atoms with Crippen molar-refractivity contribution in [3.63, 3.8) is 0 Å². The minimum Gasteiger partial charge on any atom is -0.396 e. The third-order valence-electron chi connectivity index (χ3n) is 4.76. The molecule has 0 heterocycles. The molecule has 0 unspecified atom stereocenters. The largest absolute Gasteiger partial charge is 0.524 e. The molecule has 2 bridgehead atoms. The molecule has 4 fully saturated rings. The first-order valence-corrected chi connectivity index (χ1v) is 7.02. The van der Waals surface area contributed by atoms with Crippen LogP contribution in [0, 0.1) is 5.41 Å². The van der Waals surface area contributed by atoms with E-state index in [4.69, 9.17) is 9.84 Å². The van der Waals surface area contributed by atoms with Crippen LogP contribution >= 0.6 is 0 Å². The summed E-state index contributed by atoms with van der Waals surface area (Å²) >= 11 is 0. The van der Waals surface area contributed by atoms with Gasteiger partial charge >= 0.3 is 6.36 Å². The third-order valence-corrected chi connectivity index (χ3v) is 4.76. The molecule has 21 heavy (non-hydrogen) atoms. The zero-order valence-electron chi connectivity index (χ0n) is 11.5. The van der Waals surface area contributed by atoms with Crippen molar-refractivity contribution in [3.05, 3.63) is 0 Å². The summed E-state index contributed by atoms with van der Waals surface area (Å²) in [7, 11) is 0. The third kappa shape index (κ3) is 2.76. The Hall–Kier alpha value is -0.860. The summed E-state index contributed by atoms with van der Waals surface area (Å²) in [6.45, 7) is -0.326. The van der Waals surface area contributed by atoms with Crippen molar-refractivity contribution in [1.82, 2.24) is 5.32 Å². The number of alkyl halides is 3. The standard InChI is InChI=1S/C13H18F3NO4/c14-13(15,16)21-12(2-1-3-12)20-4-9(19)17-11-5-10(6-11,7-11)8-18/h18H,1-8H2,(H,17,19). The number of amides is 1. The Balaban J connectivity index is 1.44. The van der Waals surface area contributed by atoms with E-state index < -0.39 is 24.7 Å². The fourth-order valence-corrected chi connectivity index (χ4v) is 3.78. The van der Waals surface area contributed by atoms with Gasteiger partial charge in [0, 0.05) is 30.4 Å². The number of hydrogen-bond donors (Lipinski definition) is 2. The van der Waals surface area contributed by atoms with E-state index in [9.17, 15) is 18.0 Å².